The molecule has 3 N–H and O–H groups in total. The summed E-state index contributed by atoms with van der Waals surface area (Å²) < 4.78 is 0. The molecule has 3 heteroatoms. The van der Waals surface area contributed by atoms with Crippen LogP contribution in [0.4, 0.5) is 0 Å². The summed E-state index contributed by atoms with van der Waals surface area (Å²) in [7, 11) is 0. The fourth-order valence-electron chi connectivity index (χ4n) is 9.44. The first-order valence-electron chi connectivity index (χ1n) is 13.3. The summed E-state index contributed by atoms with van der Waals surface area (Å²) in [6.45, 7) is 17.7. The first kappa shape index (κ1) is 24.5. The van der Waals surface area contributed by atoms with Gasteiger partial charge in [-0.25, -0.2) is 0 Å². The summed E-state index contributed by atoms with van der Waals surface area (Å²) in [6.07, 6.45) is 10.2. The second-order valence-electron chi connectivity index (χ2n) is 13.0. The fourth-order valence-corrected chi connectivity index (χ4v) is 9.44. The average Bonchev–Trinajstić information content (AvgIpc) is 3.06. The highest BCUT2D eigenvalue weighted by atomic mass is 16.3. The highest BCUT2D eigenvalue weighted by Gasteiger charge is 2.70. The fraction of sp³-hybridized carbons (Fsp3) is 0.862. The lowest BCUT2D eigenvalue weighted by Crippen LogP contribution is -2.69. The molecule has 11 atom stereocenters. The predicted octanol–water partition coefficient (Wildman–Crippen LogP) is 5.74. The molecule has 4 aliphatic rings. The topological polar surface area (TPSA) is 60.7 Å². The van der Waals surface area contributed by atoms with Crippen LogP contribution in [0.15, 0.2) is 24.3 Å². The largest absolute Gasteiger partial charge is 0.393 e. The molecule has 0 aromatic carbocycles. The van der Waals surface area contributed by atoms with Gasteiger partial charge >= 0.3 is 0 Å². The number of rotatable bonds is 4. The normalized spacial score (nSPS) is 51.9. The SMILES string of the molecule is C=C(C=CC(C)C1CCC2C1(C)CC(O)C1C3(C)CCC(O)C(C)C3CCC21O)C(C)C. The van der Waals surface area contributed by atoms with E-state index in [9.17, 15) is 15.3 Å². The van der Waals surface area contributed by atoms with Gasteiger partial charge < -0.3 is 15.3 Å². The molecule has 32 heavy (non-hydrogen) atoms. The maximum absolute atomic E-state index is 12.4. The number of aliphatic hydroxyl groups is 3. The third kappa shape index (κ3) is 3.48. The van der Waals surface area contributed by atoms with Gasteiger partial charge in [0.05, 0.1) is 17.8 Å². The van der Waals surface area contributed by atoms with E-state index in [0.717, 1.165) is 44.9 Å². The summed E-state index contributed by atoms with van der Waals surface area (Å²) in [5.41, 5.74) is 0.236. The van der Waals surface area contributed by atoms with Crippen LogP contribution in [-0.2, 0) is 0 Å². The van der Waals surface area contributed by atoms with Gasteiger partial charge in [0.15, 0.2) is 0 Å². The van der Waals surface area contributed by atoms with Crippen molar-refractivity contribution in [1.29, 1.82) is 0 Å². The van der Waals surface area contributed by atoms with Gasteiger partial charge in [-0.2, -0.15) is 0 Å². The standard InChI is InChI=1S/C29H48O3/c1-17(2)18(3)8-9-19(4)21-10-11-25-28(21,7)16-24(31)26-27(6)14-13-23(30)20(5)22(27)12-15-29(25,26)32/h8-9,17,19-26,30-32H,3,10-16H2,1-2,4-7H3. The molecule has 11 unspecified atom stereocenters. The number of allylic oxidation sites excluding steroid dienone is 3. The summed E-state index contributed by atoms with van der Waals surface area (Å²) in [5, 5.41) is 34.6. The molecule has 0 amide bonds. The van der Waals surface area contributed by atoms with Gasteiger partial charge in [0.2, 0.25) is 0 Å². The van der Waals surface area contributed by atoms with Crippen molar-refractivity contribution in [2.75, 3.05) is 0 Å². The zero-order valence-electron chi connectivity index (χ0n) is 21.3. The molecule has 0 heterocycles. The van der Waals surface area contributed by atoms with Gasteiger partial charge in [-0.05, 0) is 91.3 Å². The van der Waals surface area contributed by atoms with Crippen LogP contribution in [0.2, 0.25) is 0 Å². The van der Waals surface area contributed by atoms with Crippen molar-refractivity contribution in [2.24, 2.45) is 52.3 Å². The van der Waals surface area contributed by atoms with E-state index in [0.29, 0.717) is 23.7 Å². The summed E-state index contributed by atoms with van der Waals surface area (Å²) in [4.78, 5) is 0. The van der Waals surface area contributed by atoms with Crippen LogP contribution < -0.4 is 0 Å². The number of hydrogen-bond acceptors (Lipinski definition) is 3. The molecule has 0 radical (unpaired) electrons. The first-order valence-corrected chi connectivity index (χ1v) is 13.3. The van der Waals surface area contributed by atoms with Crippen molar-refractivity contribution >= 4 is 0 Å². The van der Waals surface area contributed by atoms with E-state index >= 15 is 0 Å². The lowest BCUT2D eigenvalue weighted by atomic mass is 9.40. The van der Waals surface area contributed by atoms with Crippen LogP contribution in [-0.4, -0.2) is 33.1 Å². The van der Waals surface area contributed by atoms with E-state index < -0.39 is 11.7 Å². The van der Waals surface area contributed by atoms with Crippen molar-refractivity contribution in [2.45, 2.75) is 104 Å². The van der Waals surface area contributed by atoms with Crippen LogP contribution in [0.1, 0.15) is 86.5 Å². The molecule has 4 saturated carbocycles. The van der Waals surface area contributed by atoms with Crippen LogP contribution in [0, 0.1) is 52.3 Å². The van der Waals surface area contributed by atoms with Crippen LogP contribution >= 0.6 is 0 Å². The average molecular weight is 445 g/mol. The second kappa shape index (κ2) is 8.24. The van der Waals surface area contributed by atoms with Crippen molar-refractivity contribution in [3.63, 3.8) is 0 Å². The Labute approximate surface area is 196 Å². The molecule has 3 nitrogen and oxygen atoms in total. The Morgan fingerprint density at radius 2 is 1.66 bits per heavy atom. The van der Waals surface area contributed by atoms with Gasteiger partial charge in [0.25, 0.3) is 0 Å². The smallest absolute Gasteiger partial charge is 0.0739 e. The van der Waals surface area contributed by atoms with E-state index in [1.165, 1.54) is 5.57 Å². The minimum atomic E-state index is -0.792. The Morgan fingerprint density at radius 1 is 0.969 bits per heavy atom. The third-order valence-electron chi connectivity index (χ3n) is 11.2. The highest BCUT2D eigenvalue weighted by molar-refractivity contribution is 5.22. The van der Waals surface area contributed by atoms with Crippen molar-refractivity contribution in [3.8, 4) is 0 Å². The maximum Gasteiger partial charge on any atom is 0.0739 e. The van der Waals surface area contributed by atoms with Gasteiger partial charge in [-0.15, -0.1) is 0 Å². The lowest BCUT2D eigenvalue weighted by molar-refractivity contribution is -0.267. The molecule has 4 aliphatic carbocycles. The Balaban J connectivity index is 1.63. The van der Waals surface area contributed by atoms with Crippen molar-refractivity contribution in [3.05, 3.63) is 24.3 Å². The monoisotopic (exact) mass is 444 g/mol. The lowest BCUT2D eigenvalue weighted by Gasteiger charge is -2.67. The maximum atomic E-state index is 12.4. The number of fused-ring (bicyclic) bond motifs is 5. The van der Waals surface area contributed by atoms with E-state index in [1.807, 2.05) is 0 Å². The Kier molecular flexibility index (Phi) is 6.30. The minimum Gasteiger partial charge on any atom is -0.393 e. The molecule has 0 aliphatic heterocycles. The Hall–Kier alpha value is -0.640. The summed E-state index contributed by atoms with van der Waals surface area (Å²) >= 11 is 0. The van der Waals surface area contributed by atoms with E-state index in [-0.39, 0.29) is 34.7 Å². The molecule has 0 saturated heterocycles. The van der Waals surface area contributed by atoms with Crippen LogP contribution in [0.25, 0.3) is 0 Å². The zero-order chi connectivity index (χ0) is 23.6. The van der Waals surface area contributed by atoms with Gasteiger partial charge in [0.1, 0.15) is 0 Å². The van der Waals surface area contributed by atoms with Gasteiger partial charge in [0, 0.05) is 5.92 Å². The van der Waals surface area contributed by atoms with E-state index in [1.54, 1.807) is 0 Å². The van der Waals surface area contributed by atoms with Crippen molar-refractivity contribution in [1.82, 2.24) is 0 Å². The molecular weight excluding hydrogens is 396 g/mol. The molecule has 4 fully saturated rings. The van der Waals surface area contributed by atoms with Gasteiger partial charge in [-0.1, -0.05) is 65.8 Å². The molecule has 0 bridgehead atoms. The molecule has 0 spiro atoms. The molecule has 0 aromatic rings. The zero-order valence-corrected chi connectivity index (χ0v) is 21.3. The summed E-state index contributed by atoms with van der Waals surface area (Å²) in [6, 6.07) is 0. The summed E-state index contributed by atoms with van der Waals surface area (Å²) in [5.74, 6) is 2.14. The van der Waals surface area contributed by atoms with E-state index in [2.05, 4.69) is 60.3 Å². The van der Waals surface area contributed by atoms with Gasteiger partial charge in [-0.3, -0.25) is 0 Å². The predicted molar refractivity (Wildman–Crippen MR) is 131 cm³/mol. The number of aliphatic hydroxyl groups excluding tert-OH is 2. The molecule has 0 aromatic heterocycles. The van der Waals surface area contributed by atoms with E-state index in [4.69, 9.17) is 0 Å². The second-order valence-corrected chi connectivity index (χ2v) is 13.0. The minimum absolute atomic E-state index is 0.0451. The molecule has 182 valence electrons. The molecular formula is C29H48O3. The van der Waals surface area contributed by atoms with Crippen LogP contribution in [0.3, 0.4) is 0 Å². The Bertz CT molecular complexity index is 758. The van der Waals surface area contributed by atoms with Crippen LogP contribution in [0.5, 0.6) is 0 Å². The molecule has 4 rings (SSSR count). The Morgan fingerprint density at radius 3 is 2.31 bits per heavy atom. The first-order chi connectivity index (χ1) is 14.9. The third-order valence-corrected chi connectivity index (χ3v) is 11.2. The quantitative estimate of drug-likeness (QED) is 0.484. The van der Waals surface area contributed by atoms with Crippen molar-refractivity contribution < 1.29 is 15.3 Å². The highest BCUT2D eigenvalue weighted by Crippen LogP contribution is 2.70. The number of hydrogen-bond donors (Lipinski definition) is 3.